The van der Waals surface area contributed by atoms with E-state index in [1.54, 1.807) is 6.20 Å². The lowest BCUT2D eigenvalue weighted by Crippen LogP contribution is -2.41. The summed E-state index contributed by atoms with van der Waals surface area (Å²) in [5.74, 6) is 1.53. The molecule has 0 radical (unpaired) electrons. The van der Waals surface area contributed by atoms with Crippen LogP contribution in [-0.4, -0.2) is 44.3 Å². The number of benzene rings is 1. The van der Waals surface area contributed by atoms with Crippen LogP contribution in [0.3, 0.4) is 0 Å². The first-order chi connectivity index (χ1) is 14.1. The SMILES string of the molecule is CC1c2nc(CC(=O)NCC3CC3)cn2CCN1C(=O)c1c[nH]c2ccccc12. The Morgan fingerprint density at radius 1 is 1.24 bits per heavy atom. The smallest absolute Gasteiger partial charge is 0.256 e. The van der Waals surface area contributed by atoms with Crippen LogP contribution < -0.4 is 5.32 Å². The average molecular weight is 391 g/mol. The number of carbonyl (C=O) groups is 2. The number of carbonyl (C=O) groups excluding carboxylic acids is 2. The fourth-order valence-electron chi connectivity index (χ4n) is 4.12. The van der Waals surface area contributed by atoms with Crippen LogP contribution in [0.2, 0.25) is 0 Å². The average Bonchev–Trinajstić information content (AvgIpc) is 3.30. The van der Waals surface area contributed by atoms with Crippen LogP contribution >= 0.6 is 0 Å². The summed E-state index contributed by atoms with van der Waals surface area (Å²) >= 11 is 0. The van der Waals surface area contributed by atoms with Crippen molar-refractivity contribution in [3.8, 4) is 0 Å². The first-order valence-corrected chi connectivity index (χ1v) is 10.3. The van der Waals surface area contributed by atoms with Crippen molar-refractivity contribution in [3.05, 3.63) is 53.7 Å². The Hall–Kier alpha value is -3.09. The van der Waals surface area contributed by atoms with Crippen molar-refractivity contribution in [3.63, 3.8) is 0 Å². The van der Waals surface area contributed by atoms with Crippen molar-refractivity contribution in [1.82, 2.24) is 24.8 Å². The molecule has 1 aromatic carbocycles. The normalized spacial score (nSPS) is 18.7. The third-order valence-electron chi connectivity index (χ3n) is 5.99. The van der Waals surface area contributed by atoms with E-state index in [1.165, 1.54) is 12.8 Å². The lowest BCUT2D eigenvalue weighted by atomic mass is 10.1. The molecule has 2 aliphatic rings. The summed E-state index contributed by atoms with van der Waals surface area (Å²) in [5.41, 5.74) is 2.41. The van der Waals surface area contributed by atoms with Gasteiger partial charge in [-0.3, -0.25) is 9.59 Å². The second-order valence-electron chi connectivity index (χ2n) is 8.13. The fraction of sp³-hybridized carbons (Fsp3) is 0.409. The molecule has 2 aromatic heterocycles. The maximum Gasteiger partial charge on any atom is 0.256 e. The fourth-order valence-corrected chi connectivity index (χ4v) is 4.12. The summed E-state index contributed by atoms with van der Waals surface area (Å²) in [5, 5.41) is 3.93. The highest BCUT2D eigenvalue weighted by Gasteiger charge is 2.31. The number of imidazole rings is 1. The Labute approximate surface area is 169 Å². The molecule has 0 bridgehead atoms. The van der Waals surface area contributed by atoms with Gasteiger partial charge in [-0.25, -0.2) is 4.98 Å². The quantitative estimate of drug-likeness (QED) is 0.701. The first-order valence-electron chi connectivity index (χ1n) is 10.3. The van der Waals surface area contributed by atoms with Gasteiger partial charge in [-0.2, -0.15) is 0 Å². The molecule has 3 heterocycles. The summed E-state index contributed by atoms with van der Waals surface area (Å²) < 4.78 is 2.08. The third kappa shape index (κ3) is 3.41. The first kappa shape index (κ1) is 18.0. The van der Waals surface area contributed by atoms with E-state index in [0.29, 0.717) is 24.6 Å². The highest BCUT2D eigenvalue weighted by molar-refractivity contribution is 6.06. The van der Waals surface area contributed by atoms with Gasteiger partial charge in [0.25, 0.3) is 5.91 Å². The van der Waals surface area contributed by atoms with Gasteiger partial charge in [0.05, 0.1) is 23.7 Å². The molecule has 1 saturated carbocycles. The molecule has 2 N–H and O–H groups in total. The highest BCUT2D eigenvalue weighted by Crippen LogP contribution is 2.29. The molecule has 3 aromatic rings. The van der Waals surface area contributed by atoms with E-state index >= 15 is 0 Å². The zero-order valence-electron chi connectivity index (χ0n) is 16.5. The van der Waals surface area contributed by atoms with E-state index in [-0.39, 0.29) is 24.3 Å². The summed E-state index contributed by atoms with van der Waals surface area (Å²) in [7, 11) is 0. The van der Waals surface area contributed by atoms with E-state index in [0.717, 1.165) is 29.0 Å². The third-order valence-corrected chi connectivity index (χ3v) is 5.99. The van der Waals surface area contributed by atoms with Gasteiger partial charge in [0.15, 0.2) is 0 Å². The van der Waals surface area contributed by atoms with Crippen molar-refractivity contribution in [2.75, 3.05) is 13.1 Å². The minimum atomic E-state index is -0.145. The molecule has 0 saturated heterocycles. The lowest BCUT2D eigenvalue weighted by molar-refractivity contribution is -0.120. The molecule has 1 atom stereocenters. The number of aromatic amines is 1. The Morgan fingerprint density at radius 2 is 2.07 bits per heavy atom. The number of fused-ring (bicyclic) bond motifs is 2. The Kier molecular flexibility index (Phi) is 4.38. The molecule has 1 aliphatic heterocycles. The van der Waals surface area contributed by atoms with Crippen LogP contribution in [-0.2, 0) is 17.8 Å². The summed E-state index contributed by atoms with van der Waals surface area (Å²) in [6.07, 6.45) is 6.47. The van der Waals surface area contributed by atoms with E-state index in [9.17, 15) is 9.59 Å². The lowest BCUT2D eigenvalue weighted by Gasteiger charge is -2.33. The van der Waals surface area contributed by atoms with E-state index in [4.69, 9.17) is 4.98 Å². The largest absolute Gasteiger partial charge is 0.360 e. The molecule has 7 heteroatoms. The van der Waals surface area contributed by atoms with E-state index < -0.39 is 0 Å². The van der Waals surface area contributed by atoms with Crippen LogP contribution in [0, 0.1) is 5.92 Å². The zero-order chi connectivity index (χ0) is 20.0. The van der Waals surface area contributed by atoms with Gasteiger partial charge in [-0.15, -0.1) is 0 Å². The Bertz CT molecular complexity index is 1080. The summed E-state index contributed by atoms with van der Waals surface area (Å²) in [6, 6.07) is 7.69. The predicted molar refractivity (Wildman–Crippen MR) is 109 cm³/mol. The molecular formula is C22H25N5O2. The van der Waals surface area contributed by atoms with Crippen molar-refractivity contribution < 1.29 is 9.59 Å². The molecule has 2 amide bonds. The monoisotopic (exact) mass is 391 g/mol. The van der Waals surface area contributed by atoms with Gasteiger partial charge in [0.2, 0.25) is 5.91 Å². The molecule has 29 heavy (non-hydrogen) atoms. The summed E-state index contributed by atoms with van der Waals surface area (Å²) in [6.45, 7) is 4.08. The molecule has 1 unspecified atom stereocenters. The molecule has 150 valence electrons. The van der Waals surface area contributed by atoms with Crippen LogP contribution in [0.25, 0.3) is 10.9 Å². The van der Waals surface area contributed by atoms with Gasteiger partial charge in [-0.05, 0) is 31.7 Å². The number of aromatic nitrogens is 3. The number of rotatable bonds is 5. The maximum atomic E-state index is 13.2. The van der Waals surface area contributed by atoms with Gasteiger partial charge >= 0.3 is 0 Å². The minimum Gasteiger partial charge on any atom is -0.360 e. The van der Waals surface area contributed by atoms with E-state index in [1.807, 2.05) is 42.3 Å². The highest BCUT2D eigenvalue weighted by atomic mass is 16.2. The molecule has 7 nitrogen and oxygen atoms in total. The topological polar surface area (TPSA) is 83.0 Å². The Balaban J connectivity index is 1.32. The maximum absolute atomic E-state index is 13.2. The van der Waals surface area contributed by atoms with Gasteiger partial charge in [0, 0.05) is 42.9 Å². The number of amides is 2. The van der Waals surface area contributed by atoms with Crippen molar-refractivity contribution in [2.24, 2.45) is 5.92 Å². The predicted octanol–water partition coefficient (Wildman–Crippen LogP) is 2.65. The number of hydrogen-bond donors (Lipinski definition) is 2. The standard InChI is InChI=1S/C22H25N5O2/c1-14-21-25-16(10-20(28)24-11-15-6-7-15)13-26(21)8-9-27(14)22(29)18-12-23-19-5-3-2-4-17(18)19/h2-5,12-15,23H,6-11H2,1H3,(H,24,28). The van der Waals surface area contributed by atoms with E-state index in [2.05, 4.69) is 14.9 Å². The summed E-state index contributed by atoms with van der Waals surface area (Å²) in [4.78, 5) is 35.1. The van der Waals surface area contributed by atoms with Crippen LogP contribution in [0.5, 0.6) is 0 Å². The molecular weight excluding hydrogens is 366 g/mol. The Morgan fingerprint density at radius 3 is 2.90 bits per heavy atom. The molecule has 5 rings (SSSR count). The van der Waals surface area contributed by atoms with Crippen LogP contribution in [0.15, 0.2) is 36.7 Å². The van der Waals surface area contributed by atoms with Crippen molar-refractivity contribution in [2.45, 2.75) is 38.8 Å². The number of nitrogens with zero attached hydrogens (tertiary/aromatic N) is 3. The van der Waals surface area contributed by atoms with Crippen LogP contribution in [0.1, 0.15) is 47.7 Å². The van der Waals surface area contributed by atoms with Gasteiger partial charge in [-0.1, -0.05) is 18.2 Å². The second-order valence-corrected chi connectivity index (χ2v) is 8.13. The molecule has 1 aliphatic carbocycles. The molecule has 0 spiro atoms. The number of nitrogens with one attached hydrogen (secondary N) is 2. The van der Waals surface area contributed by atoms with Crippen molar-refractivity contribution in [1.29, 1.82) is 0 Å². The zero-order valence-corrected chi connectivity index (χ0v) is 16.5. The number of hydrogen-bond acceptors (Lipinski definition) is 3. The van der Waals surface area contributed by atoms with Crippen molar-refractivity contribution >= 4 is 22.7 Å². The van der Waals surface area contributed by atoms with Crippen LogP contribution in [0.4, 0.5) is 0 Å². The molecule has 1 fully saturated rings. The number of para-hydroxylation sites is 1. The number of H-pyrrole nitrogens is 1. The van der Waals surface area contributed by atoms with Gasteiger partial charge in [0.1, 0.15) is 5.82 Å². The minimum absolute atomic E-state index is 0.00734. The van der Waals surface area contributed by atoms with Gasteiger partial charge < -0.3 is 19.8 Å². The second kappa shape index (κ2) is 7.06.